The summed E-state index contributed by atoms with van der Waals surface area (Å²) in [5.41, 5.74) is -1.99. The minimum absolute atomic E-state index is 0.261. The summed E-state index contributed by atoms with van der Waals surface area (Å²) in [6.07, 6.45) is -11.7. The first kappa shape index (κ1) is 23.0. The summed E-state index contributed by atoms with van der Waals surface area (Å²) >= 11 is 0. The van der Waals surface area contributed by atoms with E-state index in [0.717, 1.165) is 5.56 Å². The van der Waals surface area contributed by atoms with Gasteiger partial charge >= 0.3 is 18.4 Å². The molecular formula is C14H17F6N3O3S. The van der Waals surface area contributed by atoms with E-state index in [9.17, 15) is 39.6 Å². The van der Waals surface area contributed by atoms with Crippen LogP contribution in [0.4, 0.5) is 31.1 Å². The third-order valence-electron chi connectivity index (χ3n) is 3.67. The van der Waals surface area contributed by atoms with Crippen LogP contribution in [0.2, 0.25) is 0 Å². The van der Waals surface area contributed by atoms with Gasteiger partial charge in [-0.05, 0) is 38.8 Å². The summed E-state index contributed by atoms with van der Waals surface area (Å²) in [6, 6.07) is 0.982. The first-order chi connectivity index (χ1) is 11.9. The van der Waals surface area contributed by atoms with Crippen molar-refractivity contribution in [3.63, 3.8) is 0 Å². The molecule has 0 fully saturated rings. The second-order valence-corrected chi connectivity index (χ2v) is 7.65. The fourth-order valence-electron chi connectivity index (χ4n) is 2.32. The molecule has 0 spiro atoms. The topological polar surface area (TPSA) is 87.3 Å². The number of nitrogens with one attached hydrogen (secondary N) is 3. The van der Waals surface area contributed by atoms with Gasteiger partial charge in [-0.1, -0.05) is 17.7 Å². The van der Waals surface area contributed by atoms with Crippen LogP contribution in [0.1, 0.15) is 23.6 Å². The summed E-state index contributed by atoms with van der Waals surface area (Å²) in [4.78, 5) is 12.7. The first-order valence-corrected chi connectivity index (χ1v) is 8.72. The summed E-state index contributed by atoms with van der Waals surface area (Å²) in [5.74, 6) is 0. The van der Waals surface area contributed by atoms with Gasteiger partial charge in [0.2, 0.25) is 5.54 Å². The fourth-order valence-corrected chi connectivity index (χ4v) is 3.61. The Morgan fingerprint density at radius 2 is 1.33 bits per heavy atom. The number of rotatable bonds is 4. The Kier molecular flexibility index (Phi) is 6.13. The molecule has 13 heteroatoms. The number of sulfonamides is 1. The third kappa shape index (κ3) is 4.83. The van der Waals surface area contributed by atoms with E-state index in [1.165, 1.54) is 36.2 Å². The molecule has 0 bridgehead atoms. The minimum atomic E-state index is -5.87. The van der Waals surface area contributed by atoms with Gasteiger partial charge in [0, 0.05) is 0 Å². The van der Waals surface area contributed by atoms with Crippen LogP contribution in [0.25, 0.3) is 0 Å². The van der Waals surface area contributed by atoms with Crippen molar-refractivity contribution in [3.8, 4) is 0 Å². The van der Waals surface area contributed by atoms with Gasteiger partial charge in [0.05, 0.1) is 4.90 Å². The van der Waals surface area contributed by atoms with E-state index in [-0.39, 0.29) is 22.9 Å². The van der Waals surface area contributed by atoms with Crippen LogP contribution in [-0.2, 0) is 10.0 Å². The highest BCUT2D eigenvalue weighted by molar-refractivity contribution is 7.89. The van der Waals surface area contributed by atoms with Crippen LogP contribution < -0.4 is 15.6 Å². The van der Waals surface area contributed by atoms with Crippen LogP contribution in [0.5, 0.6) is 0 Å². The average molecular weight is 421 g/mol. The van der Waals surface area contributed by atoms with Gasteiger partial charge in [0.15, 0.2) is 0 Å². The molecule has 154 valence electrons. The van der Waals surface area contributed by atoms with E-state index in [1.54, 1.807) is 6.92 Å². The molecule has 0 aromatic heterocycles. The summed E-state index contributed by atoms with van der Waals surface area (Å²) < 4.78 is 101. The number of benzene rings is 1. The lowest BCUT2D eigenvalue weighted by molar-refractivity contribution is -0.297. The maximum absolute atomic E-state index is 12.7. The van der Waals surface area contributed by atoms with Crippen LogP contribution in [0.3, 0.4) is 0 Å². The van der Waals surface area contributed by atoms with Crippen molar-refractivity contribution in [1.82, 2.24) is 15.6 Å². The zero-order valence-corrected chi connectivity index (χ0v) is 15.4. The highest BCUT2D eigenvalue weighted by atomic mass is 32.2. The number of amides is 2. The van der Waals surface area contributed by atoms with Crippen LogP contribution in [0.15, 0.2) is 17.0 Å². The van der Waals surface area contributed by atoms with Crippen molar-refractivity contribution in [2.75, 3.05) is 0 Å². The van der Waals surface area contributed by atoms with Crippen LogP contribution >= 0.6 is 0 Å². The Labute approximate surface area is 151 Å². The number of urea groups is 1. The number of halogens is 6. The number of aryl methyl sites for hydroxylation is 3. The lowest BCUT2D eigenvalue weighted by Gasteiger charge is -2.34. The zero-order valence-electron chi connectivity index (χ0n) is 14.6. The number of hydrogen-bond acceptors (Lipinski definition) is 3. The maximum Gasteiger partial charge on any atom is 0.420 e. The van der Waals surface area contributed by atoms with E-state index >= 15 is 0 Å². The molecule has 0 atom stereocenters. The molecule has 0 aliphatic heterocycles. The van der Waals surface area contributed by atoms with Crippen molar-refractivity contribution in [3.05, 3.63) is 28.8 Å². The number of alkyl halides is 6. The largest absolute Gasteiger partial charge is 0.420 e. The fraction of sp³-hybridized carbons (Fsp3) is 0.500. The predicted molar refractivity (Wildman–Crippen MR) is 83.2 cm³/mol. The molecule has 1 rings (SSSR count). The van der Waals surface area contributed by atoms with E-state index < -0.39 is 33.9 Å². The molecule has 3 N–H and O–H groups in total. The highest BCUT2D eigenvalue weighted by Gasteiger charge is 2.68. The molecular weight excluding hydrogens is 404 g/mol. The van der Waals surface area contributed by atoms with Gasteiger partial charge < -0.3 is 5.32 Å². The van der Waals surface area contributed by atoms with E-state index in [4.69, 9.17) is 0 Å². The molecule has 0 saturated carbocycles. The Balaban J connectivity index is 3.03. The first-order valence-electron chi connectivity index (χ1n) is 7.23. The van der Waals surface area contributed by atoms with Crippen molar-refractivity contribution < 1.29 is 39.6 Å². The van der Waals surface area contributed by atoms with Crippen molar-refractivity contribution in [1.29, 1.82) is 0 Å². The smallest absolute Gasteiger partial charge is 0.315 e. The van der Waals surface area contributed by atoms with Gasteiger partial charge in [-0.25, -0.2) is 13.2 Å². The monoisotopic (exact) mass is 421 g/mol. The van der Waals surface area contributed by atoms with Gasteiger partial charge in [0.1, 0.15) is 0 Å². The number of carbonyl (C=O) groups is 1. The second-order valence-electron chi connectivity index (χ2n) is 6.03. The summed E-state index contributed by atoms with van der Waals surface area (Å²) in [7, 11) is -4.44. The third-order valence-corrected chi connectivity index (χ3v) is 5.22. The van der Waals surface area contributed by atoms with Crippen molar-refractivity contribution in [2.24, 2.45) is 0 Å². The molecule has 0 aliphatic rings. The second kappa shape index (κ2) is 7.19. The maximum atomic E-state index is 12.7. The van der Waals surface area contributed by atoms with E-state index in [1.807, 2.05) is 0 Å². The molecule has 2 amide bonds. The molecule has 0 unspecified atom stereocenters. The van der Waals surface area contributed by atoms with E-state index in [2.05, 4.69) is 0 Å². The van der Waals surface area contributed by atoms with Crippen LogP contribution in [0, 0.1) is 20.8 Å². The molecule has 6 nitrogen and oxygen atoms in total. The van der Waals surface area contributed by atoms with Crippen molar-refractivity contribution >= 4 is 16.1 Å². The molecule has 0 heterocycles. The Morgan fingerprint density at radius 3 is 1.70 bits per heavy atom. The zero-order chi connectivity index (χ0) is 21.4. The van der Waals surface area contributed by atoms with Gasteiger partial charge in [-0.3, -0.25) is 5.43 Å². The Morgan fingerprint density at radius 1 is 0.926 bits per heavy atom. The number of hydrogen-bond donors (Lipinski definition) is 3. The molecule has 1 aromatic carbocycles. The van der Waals surface area contributed by atoms with Gasteiger partial charge in [-0.15, -0.1) is 4.83 Å². The Bertz CT molecular complexity index is 796. The van der Waals surface area contributed by atoms with Crippen LogP contribution in [-0.4, -0.2) is 32.3 Å². The standard InChI is InChI=1S/C14H17F6N3O3S/c1-7-5-8(2)10(9(3)6-7)27(25,26)23-22-11(24)21-12(4,13(15,16)17)14(18,19)20/h5-6,23H,1-4H3,(H2,21,22,24). The number of hydrazine groups is 1. The molecule has 0 aliphatic carbocycles. The average Bonchev–Trinajstić information content (AvgIpc) is 2.41. The lowest BCUT2D eigenvalue weighted by atomic mass is 10.0. The molecule has 0 saturated heterocycles. The highest BCUT2D eigenvalue weighted by Crippen LogP contribution is 2.42. The minimum Gasteiger partial charge on any atom is -0.315 e. The normalized spacial score (nSPS) is 13.4. The lowest BCUT2D eigenvalue weighted by Crippen LogP contribution is -2.67. The van der Waals surface area contributed by atoms with E-state index in [0.29, 0.717) is 5.32 Å². The SMILES string of the molecule is Cc1cc(C)c(S(=O)(=O)NNC(=O)NC(C)(C(F)(F)F)C(F)(F)F)c(C)c1. The Hall–Kier alpha value is -2.02. The summed E-state index contributed by atoms with van der Waals surface area (Å²) in [6.45, 7) is 4.30. The molecule has 1 aromatic rings. The van der Waals surface area contributed by atoms with Gasteiger partial charge in [0.25, 0.3) is 10.0 Å². The number of carbonyl (C=O) groups excluding carboxylic acids is 1. The van der Waals surface area contributed by atoms with Crippen molar-refractivity contribution in [2.45, 2.75) is 50.5 Å². The van der Waals surface area contributed by atoms with Gasteiger partial charge in [-0.2, -0.15) is 26.3 Å². The predicted octanol–water partition coefficient (Wildman–Crippen LogP) is 2.99. The quantitative estimate of drug-likeness (QED) is 0.516. The molecule has 0 radical (unpaired) electrons. The molecule has 27 heavy (non-hydrogen) atoms. The summed E-state index contributed by atoms with van der Waals surface area (Å²) in [5, 5.41) is 0.709.